The third-order valence-electron chi connectivity index (χ3n) is 4.72. The van der Waals surface area contributed by atoms with Crippen molar-refractivity contribution in [1.82, 2.24) is 0 Å². The molecule has 0 aliphatic carbocycles. The van der Waals surface area contributed by atoms with Gasteiger partial charge in [-0.25, -0.2) is 0 Å². The van der Waals surface area contributed by atoms with Crippen molar-refractivity contribution in [1.29, 1.82) is 0 Å². The fourth-order valence-corrected chi connectivity index (χ4v) is 3.31. The average Bonchev–Trinajstić information content (AvgIpc) is 2.69. The van der Waals surface area contributed by atoms with Crippen LogP contribution in [0.3, 0.4) is 0 Å². The number of nitrogens with zero attached hydrogens (tertiary/aromatic N) is 1. The smallest absolute Gasteiger partial charge is 0.265 e. The minimum atomic E-state index is -0.436. The molecule has 5 heteroatoms. The molecular weight excluding hydrogens is 316 g/mol. The largest absolute Gasteiger partial charge is 0.480 e. The number of amides is 1. The highest BCUT2D eigenvalue weighted by Gasteiger charge is 2.25. The van der Waals surface area contributed by atoms with E-state index < -0.39 is 6.10 Å². The Bertz CT molecular complexity index is 739. The van der Waals surface area contributed by atoms with Crippen LogP contribution >= 0.6 is 0 Å². The predicted molar refractivity (Wildman–Crippen MR) is 97.3 cm³/mol. The molecule has 0 bridgehead atoms. The fraction of sp³-hybridized carbons (Fsp3) is 0.350. The first kappa shape index (κ1) is 16.0. The van der Waals surface area contributed by atoms with Gasteiger partial charge in [-0.1, -0.05) is 18.2 Å². The molecule has 0 spiro atoms. The van der Waals surface area contributed by atoms with Crippen molar-refractivity contribution in [2.75, 3.05) is 36.5 Å². The summed E-state index contributed by atoms with van der Waals surface area (Å²) in [5.74, 6) is 0.727. The summed E-state index contributed by atoms with van der Waals surface area (Å²) in [7, 11) is 0. The lowest BCUT2D eigenvalue weighted by Crippen LogP contribution is -2.36. The Kier molecular flexibility index (Phi) is 4.57. The van der Waals surface area contributed by atoms with Crippen LogP contribution in [-0.2, 0) is 16.0 Å². The van der Waals surface area contributed by atoms with Gasteiger partial charge in [0.05, 0.1) is 13.2 Å². The monoisotopic (exact) mass is 338 g/mol. The van der Waals surface area contributed by atoms with E-state index in [1.807, 2.05) is 48.5 Å². The third kappa shape index (κ3) is 3.61. The average molecular weight is 338 g/mol. The van der Waals surface area contributed by atoms with E-state index in [0.29, 0.717) is 6.42 Å². The number of benzene rings is 2. The van der Waals surface area contributed by atoms with Crippen LogP contribution in [0.5, 0.6) is 5.75 Å². The minimum Gasteiger partial charge on any atom is -0.480 e. The lowest BCUT2D eigenvalue weighted by atomic mass is 10.0. The Morgan fingerprint density at radius 3 is 2.60 bits per heavy atom. The normalized spacial score (nSPS) is 19.7. The zero-order valence-electron chi connectivity index (χ0n) is 14.1. The standard InChI is InChI=1S/C20H22N2O3/c23-20(19-10-5-15-3-1-2-4-18(15)25-19)21-16-6-8-17(9-7-16)22-11-13-24-14-12-22/h1-4,6-9,19H,5,10-14H2,(H,21,23). The molecule has 0 radical (unpaired) electrons. The highest BCUT2D eigenvalue weighted by molar-refractivity contribution is 5.94. The molecular formula is C20H22N2O3. The number of carbonyl (C=O) groups is 1. The van der Waals surface area contributed by atoms with Crippen LogP contribution in [0.25, 0.3) is 0 Å². The van der Waals surface area contributed by atoms with E-state index >= 15 is 0 Å². The van der Waals surface area contributed by atoms with E-state index in [2.05, 4.69) is 10.2 Å². The topological polar surface area (TPSA) is 50.8 Å². The molecule has 1 atom stereocenters. The lowest BCUT2D eigenvalue weighted by molar-refractivity contribution is -0.123. The van der Waals surface area contributed by atoms with Gasteiger partial charge in [-0.15, -0.1) is 0 Å². The van der Waals surface area contributed by atoms with Gasteiger partial charge in [0.2, 0.25) is 0 Å². The molecule has 5 nitrogen and oxygen atoms in total. The van der Waals surface area contributed by atoms with Crippen LogP contribution in [0, 0.1) is 0 Å². The van der Waals surface area contributed by atoms with Crippen molar-refractivity contribution in [3.05, 3.63) is 54.1 Å². The first-order valence-corrected chi connectivity index (χ1v) is 8.78. The van der Waals surface area contributed by atoms with E-state index in [-0.39, 0.29) is 5.91 Å². The summed E-state index contributed by atoms with van der Waals surface area (Å²) < 4.78 is 11.2. The summed E-state index contributed by atoms with van der Waals surface area (Å²) in [5.41, 5.74) is 3.12. The van der Waals surface area contributed by atoms with Crippen LogP contribution in [0.15, 0.2) is 48.5 Å². The van der Waals surface area contributed by atoms with E-state index in [1.54, 1.807) is 0 Å². The Hall–Kier alpha value is -2.53. The fourth-order valence-electron chi connectivity index (χ4n) is 3.31. The summed E-state index contributed by atoms with van der Waals surface area (Å²) in [5, 5.41) is 2.97. The molecule has 2 aliphatic heterocycles. The number of carbonyl (C=O) groups excluding carboxylic acids is 1. The maximum absolute atomic E-state index is 12.5. The van der Waals surface area contributed by atoms with Crippen molar-refractivity contribution >= 4 is 17.3 Å². The van der Waals surface area contributed by atoms with Crippen LogP contribution in [-0.4, -0.2) is 38.3 Å². The molecule has 1 unspecified atom stereocenters. The number of ether oxygens (including phenoxy) is 2. The SMILES string of the molecule is O=C(Nc1ccc(N2CCOCC2)cc1)C1CCc2ccccc2O1. The third-order valence-corrected chi connectivity index (χ3v) is 4.72. The van der Waals surface area contributed by atoms with Crippen molar-refractivity contribution in [3.63, 3.8) is 0 Å². The molecule has 0 saturated carbocycles. The molecule has 25 heavy (non-hydrogen) atoms. The molecule has 2 aromatic rings. The molecule has 130 valence electrons. The number of aryl methyl sites for hydroxylation is 1. The minimum absolute atomic E-state index is 0.0892. The number of morpholine rings is 1. The number of para-hydroxylation sites is 1. The highest BCUT2D eigenvalue weighted by atomic mass is 16.5. The van der Waals surface area contributed by atoms with Gasteiger partial charge in [0.1, 0.15) is 5.75 Å². The summed E-state index contributed by atoms with van der Waals surface area (Å²) in [6.45, 7) is 3.33. The Morgan fingerprint density at radius 1 is 1.04 bits per heavy atom. The summed E-state index contributed by atoms with van der Waals surface area (Å²) in [6.07, 6.45) is 1.13. The van der Waals surface area contributed by atoms with E-state index in [1.165, 1.54) is 5.56 Å². The first-order chi connectivity index (χ1) is 12.3. The van der Waals surface area contributed by atoms with Crippen molar-refractivity contribution in [2.24, 2.45) is 0 Å². The Morgan fingerprint density at radius 2 is 1.80 bits per heavy atom. The number of nitrogens with one attached hydrogen (secondary N) is 1. The predicted octanol–water partition coefficient (Wildman–Crippen LogP) is 2.86. The highest BCUT2D eigenvalue weighted by Crippen LogP contribution is 2.27. The molecule has 2 heterocycles. The van der Waals surface area contributed by atoms with E-state index in [0.717, 1.165) is 49.8 Å². The lowest BCUT2D eigenvalue weighted by Gasteiger charge is -2.29. The zero-order valence-corrected chi connectivity index (χ0v) is 14.1. The maximum atomic E-state index is 12.5. The van der Waals surface area contributed by atoms with Gasteiger partial charge >= 0.3 is 0 Å². The summed E-state index contributed by atoms with van der Waals surface area (Å²) >= 11 is 0. The van der Waals surface area contributed by atoms with Crippen LogP contribution in [0.1, 0.15) is 12.0 Å². The van der Waals surface area contributed by atoms with Crippen LogP contribution in [0.4, 0.5) is 11.4 Å². The van der Waals surface area contributed by atoms with Gasteiger partial charge in [-0.05, 0) is 48.7 Å². The van der Waals surface area contributed by atoms with Gasteiger partial charge in [-0.3, -0.25) is 4.79 Å². The van der Waals surface area contributed by atoms with Gasteiger partial charge in [0.15, 0.2) is 6.10 Å². The Balaban J connectivity index is 1.38. The van der Waals surface area contributed by atoms with E-state index in [4.69, 9.17) is 9.47 Å². The van der Waals surface area contributed by atoms with Gasteiger partial charge in [0.25, 0.3) is 5.91 Å². The summed E-state index contributed by atoms with van der Waals surface area (Å²) in [6, 6.07) is 15.9. The number of rotatable bonds is 3. The van der Waals surface area contributed by atoms with Crippen molar-refractivity contribution < 1.29 is 14.3 Å². The molecule has 4 rings (SSSR count). The van der Waals surface area contributed by atoms with Crippen LogP contribution < -0.4 is 15.0 Å². The maximum Gasteiger partial charge on any atom is 0.265 e. The molecule has 2 aromatic carbocycles. The molecule has 1 saturated heterocycles. The van der Waals surface area contributed by atoms with Gasteiger partial charge in [0, 0.05) is 24.5 Å². The quantitative estimate of drug-likeness (QED) is 0.935. The van der Waals surface area contributed by atoms with E-state index in [9.17, 15) is 4.79 Å². The van der Waals surface area contributed by atoms with Crippen molar-refractivity contribution in [2.45, 2.75) is 18.9 Å². The second-order valence-electron chi connectivity index (χ2n) is 6.39. The number of hydrogen-bond donors (Lipinski definition) is 1. The van der Waals surface area contributed by atoms with Gasteiger partial charge < -0.3 is 19.7 Å². The second kappa shape index (κ2) is 7.15. The second-order valence-corrected chi connectivity index (χ2v) is 6.39. The molecule has 1 fully saturated rings. The van der Waals surface area contributed by atoms with Crippen molar-refractivity contribution in [3.8, 4) is 5.75 Å². The summed E-state index contributed by atoms with van der Waals surface area (Å²) in [4.78, 5) is 14.8. The number of hydrogen-bond acceptors (Lipinski definition) is 4. The Labute approximate surface area is 147 Å². The number of anilines is 2. The zero-order chi connectivity index (χ0) is 17.1. The molecule has 0 aromatic heterocycles. The van der Waals surface area contributed by atoms with Crippen LogP contribution in [0.2, 0.25) is 0 Å². The molecule has 2 aliphatic rings. The number of fused-ring (bicyclic) bond motifs is 1. The molecule has 1 amide bonds. The van der Waals surface area contributed by atoms with Gasteiger partial charge in [-0.2, -0.15) is 0 Å². The first-order valence-electron chi connectivity index (χ1n) is 8.78. The molecule has 1 N–H and O–H groups in total.